The van der Waals surface area contributed by atoms with Crippen molar-refractivity contribution in [2.24, 2.45) is 4.99 Å². The Hall–Kier alpha value is -1.51. The Morgan fingerprint density at radius 3 is 2.60 bits per heavy atom. The van der Waals surface area contributed by atoms with Crippen molar-refractivity contribution in [2.45, 2.75) is 52.0 Å². The molecule has 1 fully saturated rings. The molecular weight excluding hydrogens is 246 g/mol. The zero-order chi connectivity index (χ0) is 14.6. The fourth-order valence-electron chi connectivity index (χ4n) is 2.44. The van der Waals surface area contributed by atoms with Gasteiger partial charge in [0.05, 0.1) is 6.54 Å². The summed E-state index contributed by atoms with van der Waals surface area (Å²) < 4.78 is 0. The molecule has 3 heteroatoms. The van der Waals surface area contributed by atoms with E-state index in [0.717, 1.165) is 19.0 Å². The van der Waals surface area contributed by atoms with Gasteiger partial charge in [0, 0.05) is 18.0 Å². The van der Waals surface area contributed by atoms with Crippen molar-refractivity contribution in [1.82, 2.24) is 10.6 Å². The van der Waals surface area contributed by atoms with Crippen molar-refractivity contribution in [3.63, 3.8) is 0 Å². The third-order valence-corrected chi connectivity index (χ3v) is 3.77. The second-order valence-corrected chi connectivity index (χ2v) is 6.31. The molecule has 1 saturated carbocycles. The van der Waals surface area contributed by atoms with Gasteiger partial charge in [0.2, 0.25) is 0 Å². The number of benzene rings is 1. The van der Waals surface area contributed by atoms with Gasteiger partial charge < -0.3 is 10.6 Å². The molecule has 110 valence electrons. The van der Waals surface area contributed by atoms with E-state index in [-0.39, 0.29) is 5.41 Å². The minimum atomic E-state index is 0.0528. The van der Waals surface area contributed by atoms with Crippen LogP contribution in [0.25, 0.3) is 0 Å². The lowest BCUT2D eigenvalue weighted by molar-refractivity contribution is 0.534. The molecule has 0 aliphatic heterocycles. The van der Waals surface area contributed by atoms with Crippen molar-refractivity contribution in [2.75, 3.05) is 13.1 Å². The number of guanidine groups is 1. The standard InChI is InChI=1S/C17H27N3/c1-5-18-16(20-14-10-11-14)19-12-17(3,4)15-9-7-6-8-13(15)2/h6-9,14H,5,10-12H2,1-4H3,(H2,18,19,20). The molecule has 0 heterocycles. The smallest absolute Gasteiger partial charge is 0.191 e. The molecule has 1 aromatic carbocycles. The second-order valence-electron chi connectivity index (χ2n) is 6.31. The topological polar surface area (TPSA) is 36.4 Å². The molecule has 0 saturated heterocycles. The summed E-state index contributed by atoms with van der Waals surface area (Å²) in [6.07, 6.45) is 2.54. The first-order chi connectivity index (χ1) is 9.53. The predicted octanol–water partition coefficient (Wildman–Crippen LogP) is 2.99. The fraction of sp³-hybridized carbons (Fsp3) is 0.588. The van der Waals surface area contributed by atoms with Crippen LogP contribution in [0.5, 0.6) is 0 Å². The number of aliphatic imine (C=N–C) groups is 1. The van der Waals surface area contributed by atoms with Crippen molar-refractivity contribution < 1.29 is 0 Å². The van der Waals surface area contributed by atoms with E-state index in [2.05, 4.69) is 62.6 Å². The summed E-state index contributed by atoms with van der Waals surface area (Å²) in [4.78, 5) is 4.78. The Balaban J connectivity index is 2.07. The lowest BCUT2D eigenvalue weighted by Crippen LogP contribution is -2.39. The third kappa shape index (κ3) is 3.99. The molecule has 0 bridgehead atoms. The minimum absolute atomic E-state index is 0.0528. The number of hydrogen-bond acceptors (Lipinski definition) is 1. The summed E-state index contributed by atoms with van der Waals surface area (Å²) in [5.41, 5.74) is 2.77. The second kappa shape index (κ2) is 6.29. The monoisotopic (exact) mass is 273 g/mol. The van der Waals surface area contributed by atoms with Gasteiger partial charge in [-0.15, -0.1) is 0 Å². The van der Waals surface area contributed by atoms with E-state index >= 15 is 0 Å². The normalized spacial score (nSPS) is 16.1. The lowest BCUT2D eigenvalue weighted by atomic mass is 9.82. The van der Waals surface area contributed by atoms with Crippen LogP contribution in [0.4, 0.5) is 0 Å². The largest absolute Gasteiger partial charge is 0.357 e. The van der Waals surface area contributed by atoms with Crippen LogP contribution in [-0.2, 0) is 5.41 Å². The highest BCUT2D eigenvalue weighted by Crippen LogP contribution is 2.26. The highest BCUT2D eigenvalue weighted by Gasteiger charge is 2.24. The van der Waals surface area contributed by atoms with Crippen LogP contribution in [0.3, 0.4) is 0 Å². The average molecular weight is 273 g/mol. The van der Waals surface area contributed by atoms with Crippen LogP contribution in [0.2, 0.25) is 0 Å². The summed E-state index contributed by atoms with van der Waals surface area (Å²) in [7, 11) is 0. The van der Waals surface area contributed by atoms with E-state index < -0.39 is 0 Å². The maximum absolute atomic E-state index is 4.78. The molecule has 0 atom stereocenters. The van der Waals surface area contributed by atoms with Crippen molar-refractivity contribution in [3.05, 3.63) is 35.4 Å². The molecule has 2 rings (SSSR count). The van der Waals surface area contributed by atoms with E-state index in [1.54, 1.807) is 0 Å². The molecule has 1 aliphatic carbocycles. The van der Waals surface area contributed by atoms with Crippen LogP contribution >= 0.6 is 0 Å². The number of nitrogens with zero attached hydrogens (tertiary/aromatic N) is 1. The highest BCUT2D eigenvalue weighted by atomic mass is 15.2. The van der Waals surface area contributed by atoms with E-state index in [0.29, 0.717) is 6.04 Å². The first-order valence-electron chi connectivity index (χ1n) is 7.64. The Bertz CT molecular complexity index is 473. The van der Waals surface area contributed by atoms with Crippen LogP contribution in [-0.4, -0.2) is 25.1 Å². The third-order valence-electron chi connectivity index (χ3n) is 3.77. The summed E-state index contributed by atoms with van der Waals surface area (Å²) in [6, 6.07) is 9.23. The van der Waals surface area contributed by atoms with Crippen molar-refractivity contribution >= 4 is 5.96 Å². The zero-order valence-electron chi connectivity index (χ0n) is 13.2. The SMILES string of the molecule is CCNC(=NCC(C)(C)c1ccccc1C)NC1CC1. The van der Waals surface area contributed by atoms with Gasteiger partial charge in [-0.25, -0.2) is 0 Å². The van der Waals surface area contributed by atoms with Crippen LogP contribution in [0, 0.1) is 6.92 Å². The quantitative estimate of drug-likeness (QED) is 0.639. The highest BCUT2D eigenvalue weighted by molar-refractivity contribution is 5.80. The maximum atomic E-state index is 4.78. The molecule has 3 nitrogen and oxygen atoms in total. The van der Waals surface area contributed by atoms with Gasteiger partial charge in [0.1, 0.15) is 0 Å². The molecule has 0 amide bonds. The molecule has 0 radical (unpaired) electrons. The molecule has 0 aromatic heterocycles. The van der Waals surface area contributed by atoms with Gasteiger partial charge >= 0.3 is 0 Å². The van der Waals surface area contributed by atoms with Crippen LogP contribution < -0.4 is 10.6 Å². The van der Waals surface area contributed by atoms with Gasteiger partial charge in [-0.1, -0.05) is 38.1 Å². The number of hydrogen-bond donors (Lipinski definition) is 2. The molecule has 1 aromatic rings. The minimum Gasteiger partial charge on any atom is -0.357 e. The maximum Gasteiger partial charge on any atom is 0.191 e. The van der Waals surface area contributed by atoms with Crippen LogP contribution in [0.1, 0.15) is 44.7 Å². The predicted molar refractivity (Wildman–Crippen MR) is 86.3 cm³/mol. The Kier molecular flexibility index (Phi) is 4.69. The van der Waals surface area contributed by atoms with Gasteiger partial charge in [0.25, 0.3) is 0 Å². The molecule has 2 N–H and O–H groups in total. The summed E-state index contributed by atoms with van der Waals surface area (Å²) >= 11 is 0. The molecule has 1 aliphatic rings. The number of aryl methyl sites for hydroxylation is 1. The fourth-order valence-corrected chi connectivity index (χ4v) is 2.44. The van der Waals surface area contributed by atoms with E-state index in [4.69, 9.17) is 4.99 Å². The van der Waals surface area contributed by atoms with Gasteiger partial charge in [-0.05, 0) is 37.8 Å². The summed E-state index contributed by atoms with van der Waals surface area (Å²) in [6.45, 7) is 10.5. The Morgan fingerprint density at radius 1 is 1.30 bits per heavy atom. The molecule has 20 heavy (non-hydrogen) atoms. The first kappa shape index (κ1) is 14.9. The first-order valence-corrected chi connectivity index (χ1v) is 7.64. The van der Waals surface area contributed by atoms with Gasteiger partial charge in [0.15, 0.2) is 5.96 Å². The summed E-state index contributed by atoms with van der Waals surface area (Å²) in [5.74, 6) is 0.955. The van der Waals surface area contributed by atoms with Gasteiger partial charge in [-0.3, -0.25) is 4.99 Å². The molecule has 0 spiro atoms. The molecular formula is C17H27N3. The zero-order valence-corrected chi connectivity index (χ0v) is 13.2. The van der Waals surface area contributed by atoms with E-state index in [1.807, 2.05) is 0 Å². The van der Waals surface area contributed by atoms with E-state index in [1.165, 1.54) is 24.0 Å². The Labute approximate surface area is 122 Å². The summed E-state index contributed by atoms with van der Waals surface area (Å²) in [5, 5.41) is 6.80. The molecule has 0 unspecified atom stereocenters. The van der Waals surface area contributed by atoms with Crippen molar-refractivity contribution in [3.8, 4) is 0 Å². The number of nitrogens with one attached hydrogen (secondary N) is 2. The van der Waals surface area contributed by atoms with Crippen molar-refractivity contribution in [1.29, 1.82) is 0 Å². The Morgan fingerprint density at radius 2 is 2.00 bits per heavy atom. The number of rotatable bonds is 5. The van der Waals surface area contributed by atoms with Crippen LogP contribution in [0.15, 0.2) is 29.3 Å². The lowest BCUT2D eigenvalue weighted by Gasteiger charge is -2.25. The van der Waals surface area contributed by atoms with Gasteiger partial charge in [-0.2, -0.15) is 0 Å². The van der Waals surface area contributed by atoms with E-state index in [9.17, 15) is 0 Å². The average Bonchev–Trinajstić information content (AvgIpc) is 3.21.